The average molecular weight is 492 g/mol. The van der Waals surface area contributed by atoms with Crippen LogP contribution < -0.4 is 5.32 Å². The van der Waals surface area contributed by atoms with Gasteiger partial charge in [-0.2, -0.15) is 5.26 Å². The van der Waals surface area contributed by atoms with Gasteiger partial charge in [-0.25, -0.2) is 9.18 Å². The summed E-state index contributed by atoms with van der Waals surface area (Å²) < 4.78 is 20.4. The van der Waals surface area contributed by atoms with Crippen molar-refractivity contribution in [1.82, 2.24) is 10.2 Å². The predicted octanol–water partition coefficient (Wildman–Crippen LogP) is 4.03. The highest BCUT2D eigenvalue weighted by atomic mass is 79.9. The molecule has 1 heterocycles. The highest BCUT2D eigenvalue weighted by Crippen LogP contribution is 2.67. The first kappa shape index (κ1) is 22.1. The number of fused-ring (bicyclic) bond motifs is 5. The van der Waals surface area contributed by atoms with Gasteiger partial charge in [-0.15, -0.1) is 0 Å². The quantitative estimate of drug-likeness (QED) is 0.688. The van der Waals surface area contributed by atoms with E-state index in [0.717, 1.165) is 6.42 Å². The second-order valence-electron chi connectivity index (χ2n) is 9.94. The highest BCUT2D eigenvalue weighted by molar-refractivity contribution is 9.10. The lowest BCUT2D eigenvalue weighted by Crippen LogP contribution is -2.56. The summed E-state index contributed by atoms with van der Waals surface area (Å²) in [6.45, 7) is 7.57. The first-order chi connectivity index (χ1) is 14.5. The lowest BCUT2D eigenvalue weighted by Gasteiger charge is -2.35. The van der Waals surface area contributed by atoms with Gasteiger partial charge in [-0.1, -0.05) is 28.9 Å². The number of nitrogens with zero attached hydrogens (tertiary/aromatic N) is 2. The van der Waals surface area contributed by atoms with Gasteiger partial charge in [-0.05, 0) is 68.6 Å². The summed E-state index contributed by atoms with van der Waals surface area (Å²) in [7, 11) is 0. The Morgan fingerprint density at radius 1 is 1.39 bits per heavy atom. The zero-order valence-corrected chi connectivity index (χ0v) is 19.6. The molecule has 1 N–H and O–H groups in total. The largest absolute Gasteiger partial charge is 0.444 e. The van der Waals surface area contributed by atoms with E-state index in [9.17, 15) is 19.2 Å². The monoisotopic (exact) mass is 491 g/mol. The van der Waals surface area contributed by atoms with Crippen molar-refractivity contribution in [2.75, 3.05) is 0 Å². The molecule has 4 rings (SSSR count). The number of likely N-dealkylation sites (tertiary alicyclic amines) is 1. The zero-order chi connectivity index (χ0) is 22.7. The molecule has 7 atom stereocenters. The SMILES string of the molecule is CC1C2C1[C@@H]1C[C@H]2[C@@H](C(=O)N[C@H](C#N)Cc2ccc(Br)cc2F)N1C(=O)OC(C)(C)C. The molecule has 0 radical (unpaired) electrons. The standard InChI is InChI=1S/C23H27BrFN3O3/c1-11-18-15-9-17(19(11)18)28(22(30)31-23(2,3)4)20(15)21(29)27-14(10-26)7-12-5-6-13(24)8-16(12)25/h5-6,8,11,14-15,17-20H,7,9H2,1-4H3,(H,27,29)/t11?,14-,15+,17-,18?,19?,20-/m0/s1. The molecule has 2 saturated carbocycles. The van der Waals surface area contributed by atoms with Crippen LogP contribution in [-0.2, 0) is 16.0 Å². The fraction of sp³-hybridized carbons (Fsp3) is 0.609. The molecule has 0 spiro atoms. The molecule has 1 aromatic rings. The van der Waals surface area contributed by atoms with Crippen LogP contribution in [0, 0.1) is 40.8 Å². The number of rotatable bonds is 4. The Labute approximate surface area is 190 Å². The van der Waals surface area contributed by atoms with E-state index in [0.29, 0.717) is 27.8 Å². The molecule has 2 bridgehead atoms. The Balaban J connectivity index is 1.51. The number of ether oxygens (including phenoxy) is 1. The summed E-state index contributed by atoms with van der Waals surface area (Å²) in [6.07, 6.45) is 0.359. The molecule has 2 aliphatic carbocycles. The van der Waals surface area contributed by atoms with Gasteiger partial charge < -0.3 is 10.1 Å². The Morgan fingerprint density at radius 3 is 2.71 bits per heavy atom. The molecule has 3 unspecified atom stereocenters. The lowest BCUT2D eigenvalue weighted by atomic mass is 9.94. The van der Waals surface area contributed by atoms with Crippen LogP contribution in [0.3, 0.4) is 0 Å². The van der Waals surface area contributed by atoms with Crippen molar-refractivity contribution in [3.63, 3.8) is 0 Å². The minimum absolute atomic E-state index is 0.0000497. The topological polar surface area (TPSA) is 82.4 Å². The van der Waals surface area contributed by atoms with E-state index in [1.54, 1.807) is 37.8 Å². The van der Waals surface area contributed by atoms with Crippen molar-refractivity contribution in [3.8, 4) is 6.07 Å². The van der Waals surface area contributed by atoms with E-state index >= 15 is 0 Å². The molecule has 1 aliphatic heterocycles. The molecule has 3 fully saturated rings. The number of piperidine rings is 1. The van der Waals surface area contributed by atoms with Crippen molar-refractivity contribution in [3.05, 3.63) is 34.1 Å². The molecule has 2 amide bonds. The summed E-state index contributed by atoms with van der Waals surface area (Å²) in [4.78, 5) is 27.8. The fourth-order valence-electron chi connectivity index (χ4n) is 5.63. The Hall–Kier alpha value is -2.14. The van der Waals surface area contributed by atoms with Gasteiger partial charge in [0.2, 0.25) is 5.91 Å². The Bertz CT molecular complexity index is 956. The first-order valence-corrected chi connectivity index (χ1v) is 11.5. The average Bonchev–Trinajstić information content (AvgIpc) is 3.03. The van der Waals surface area contributed by atoms with Crippen molar-refractivity contribution in [1.29, 1.82) is 5.26 Å². The maximum Gasteiger partial charge on any atom is 0.411 e. The molecule has 6 nitrogen and oxygen atoms in total. The predicted molar refractivity (Wildman–Crippen MR) is 115 cm³/mol. The minimum Gasteiger partial charge on any atom is -0.444 e. The van der Waals surface area contributed by atoms with Gasteiger partial charge in [0.1, 0.15) is 23.5 Å². The minimum atomic E-state index is -0.893. The smallest absolute Gasteiger partial charge is 0.411 e. The van der Waals surface area contributed by atoms with Gasteiger partial charge in [0.25, 0.3) is 0 Å². The second kappa shape index (κ2) is 7.77. The normalized spacial score (nSPS) is 31.6. The molecule has 1 aromatic carbocycles. The van der Waals surface area contributed by atoms with Crippen molar-refractivity contribution >= 4 is 27.9 Å². The summed E-state index contributed by atoms with van der Waals surface area (Å²) in [5, 5.41) is 12.3. The molecule has 166 valence electrons. The number of benzene rings is 1. The maximum atomic E-state index is 14.2. The number of hydrogen-bond donors (Lipinski definition) is 1. The summed E-state index contributed by atoms with van der Waals surface area (Å²) in [5.41, 5.74) is -0.314. The van der Waals surface area contributed by atoms with Crippen molar-refractivity contribution in [2.24, 2.45) is 23.7 Å². The highest BCUT2D eigenvalue weighted by Gasteiger charge is 2.71. The van der Waals surface area contributed by atoms with Crippen LogP contribution in [-0.4, -0.2) is 40.6 Å². The van der Waals surface area contributed by atoms with Crippen LogP contribution in [0.25, 0.3) is 0 Å². The number of nitriles is 1. The van der Waals surface area contributed by atoms with E-state index in [1.165, 1.54) is 6.07 Å². The van der Waals surface area contributed by atoms with Crippen molar-refractivity contribution < 1.29 is 18.7 Å². The number of halogens is 2. The van der Waals surface area contributed by atoms with Crippen LogP contribution in [0.4, 0.5) is 9.18 Å². The van der Waals surface area contributed by atoms with Crippen LogP contribution in [0.2, 0.25) is 0 Å². The van der Waals surface area contributed by atoms with Crippen LogP contribution in [0.5, 0.6) is 0 Å². The molecule has 1 saturated heterocycles. The van der Waals surface area contributed by atoms with Gasteiger partial charge >= 0.3 is 6.09 Å². The Morgan fingerprint density at radius 2 is 2.10 bits per heavy atom. The fourth-order valence-corrected chi connectivity index (χ4v) is 5.96. The number of carbonyl (C=O) groups is 2. The van der Waals surface area contributed by atoms with E-state index in [-0.39, 0.29) is 24.3 Å². The van der Waals surface area contributed by atoms with Crippen molar-refractivity contribution in [2.45, 2.75) is 64.3 Å². The third-order valence-electron chi connectivity index (χ3n) is 6.82. The van der Waals surface area contributed by atoms with Crippen LogP contribution in [0.1, 0.15) is 39.7 Å². The number of amides is 2. The summed E-state index contributed by atoms with van der Waals surface area (Å²) in [6, 6.07) is 5.14. The van der Waals surface area contributed by atoms with E-state index in [1.807, 2.05) is 0 Å². The first-order valence-electron chi connectivity index (χ1n) is 10.7. The van der Waals surface area contributed by atoms with E-state index in [4.69, 9.17) is 4.74 Å². The summed E-state index contributed by atoms with van der Waals surface area (Å²) in [5.74, 6) is 0.610. The second-order valence-corrected chi connectivity index (χ2v) is 10.9. The number of carbonyl (C=O) groups excluding carboxylic acids is 2. The molecule has 31 heavy (non-hydrogen) atoms. The molecular formula is C23H27BrFN3O3. The number of hydrogen-bond acceptors (Lipinski definition) is 4. The van der Waals surface area contributed by atoms with E-state index in [2.05, 4.69) is 34.2 Å². The number of nitrogens with one attached hydrogen (secondary N) is 1. The Kier molecular flexibility index (Phi) is 5.53. The lowest BCUT2D eigenvalue weighted by molar-refractivity contribution is -0.128. The molecular weight excluding hydrogens is 465 g/mol. The van der Waals surface area contributed by atoms with Gasteiger partial charge in [-0.3, -0.25) is 9.69 Å². The van der Waals surface area contributed by atoms with Crippen LogP contribution >= 0.6 is 15.9 Å². The van der Waals surface area contributed by atoms with Gasteiger partial charge in [0.05, 0.1) is 6.07 Å². The zero-order valence-electron chi connectivity index (χ0n) is 18.1. The van der Waals surface area contributed by atoms with Crippen LogP contribution in [0.15, 0.2) is 22.7 Å². The molecule has 0 aromatic heterocycles. The molecule has 8 heteroatoms. The summed E-state index contributed by atoms with van der Waals surface area (Å²) >= 11 is 3.21. The van der Waals surface area contributed by atoms with E-state index < -0.39 is 29.6 Å². The third kappa shape index (κ3) is 4.05. The molecule has 3 aliphatic rings. The third-order valence-corrected chi connectivity index (χ3v) is 7.31. The van der Waals surface area contributed by atoms with Gasteiger partial charge in [0, 0.05) is 16.9 Å². The maximum absolute atomic E-state index is 14.2. The van der Waals surface area contributed by atoms with Gasteiger partial charge in [0.15, 0.2) is 0 Å².